The molecule has 0 radical (unpaired) electrons. The summed E-state index contributed by atoms with van der Waals surface area (Å²) in [5, 5.41) is 0.983. The lowest BCUT2D eigenvalue weighted by atomic mass is 10.1. The summed E-state index contributed by atoms with van der Waals surface area (Å²) in [6, 6.07) is 11.7. The monoisotopic (exact) mass is 321 g/mol. The van der Waals surface area contributed by atoms with E-state index in [0.29, 0.717) is 13.1 Å². The number of likely N-dealkylation sites (tertiary alicyclic amines) is 1. The van der Waals surface area contributed by atoms with Gasteiger partial charge >= 0.3 is 0 Å². The van der Waals surface area contributed by atoms with Crippen molar-refractivity contribution in [2.45, 2.75) is 18.9 Å². The molecule has 1 saturated heterocycles. The highest BCUT2D eigenvalue weighted by atomic mass is 16.5. The molecule has 0 atom stereocenters. The van der Waals surface area contributed by atoms with Gasteiger partial charge in [0.2, 0.25) is 0 Å². The first-order chi connectivity index (χ1) is 11.8. The number of aromatic nitrogens is 2. The Bertz CT molecular complexity index is 836. The summed E-state index contributed by atoms with van der Waals surface area (Å²) >= 11 is 0. The summed E-state index contributed by atoms with van der Waals surface area (Å²) in [7, 11) is 0. The Hall–Kier alpha value is -2.82. The Morgan fingerprint density at radius 2 is 2.00 bits per heavy atom. The second-order valence-corrected chi connectivity index (χ2v) is 6.05. The molecule has 2 aromatic heterocycles. The number of rotatable bonds is 3. The number of ether oxygens (including phenoxy) is 1. The third-order valence-corrected chi connectivity index (χ3v) is 4.49. The van der Waals surface area contributed by atoms with Gasteiger partial charge in [-0.2, -0.15) is 0 Å². The van der Waals surface area contributed by atoms with E-state index in [0.717, 1.165) is 35.1 Å². The Labute approximate surface area is 140 Å². The van der Waals surface area contributed by atoms with Gasteiger partial charge in [0.05, 0.1) is 11.8 Å². The minimum absolute atomic E-state index is 0.0901. The molecule has 0 unspecified atom stereocenters. The van der Waals surface area contributed by atoms with E-state index in [4.69, 9.17) is 4.74 Å². The summed E-state index contributed by atoms with van der Waals surface area (Å²) in [4.78, 5) is 21.9. The Balaban J connectivity index is 1.41. The normalized spacial score (nSPS) is 15.6. The van der Waals surface area contributed by atoms with Gasteiger partial charge in [0.25, 0.3) is 5.91 Å². The molecule has 1 fully saturated rings. The zero-order chi connectivity index (χ0) is 16.4. The molecule has 0 spiro atoms. The number of nitrogens with one attached hydrogen (secondary N) is 1. The average Bonchev–Trinajstić information content (AvgIpc) is 3.07. The third-order valence-electron chi connectivity index (χ3n) is 4.49. The first-order valence-electron chi connectivity index (χ1n) is 8.23. The topological polar surface area (TPSA) is 58.2 Å². The van der Waals surface area contributed by atoms with Crippen LogP contribution in [0.3, 0.4) is 0 Å². The van der Waals surface area contributed by atoms with Gasteiger partial charge in [-0.15, -0.1) is 0 Å². The zero-order valence-corrected chi connectivity index (χ0v) is 13.3. The average molecular weight is 321 g/mol. The van der Waals surface area contributed by atoms with Crippen molar-refractivity contribution in [2.75, 3.05) is 13.1 Å². The zero-order valence-electron chi connectivity index (χ0n) is 13.3. The van der Waals surface area contributed by atoms with E-state index in [9.17, 15) is 4.79 Å². The minimum Gasteiger partial charge on any atom is -0.489 e. The van der Waals surface area contributed by atoms with Crippen molar-refractivity contribution in [1.29, 1.82) is 0 Å². The highest BCUT2D eigenvalue weighted by Gasteiger charge is 2.26. The van der Waals surface area contributed by atoms with Crippen LogP contribution in [0.2, 0.25) is 0 Å². The Morgan fingerprint density at radius 1 is 1.17 bits per heavy atom. The van der Waals surface area contributed by atoms with E-state index in [-0.39, 0.29) is 12.0 Å². The number of aromatic amines is 1. The van der Waals surface area contributed by atoms with Crippen LogP contribution in [-0.2, 0) is 0 Å². The summed E-state index contributed by atoms with van der Waals surface area (Å²) in [6.07, 6.45) is 7.08. The number of carbonyl (C=O) groups excluding carboxylic acids is 1. The molecule has 4 rings (SSSR count). The molecule has 0 bridgehead atoms. The first-order valence-corrected chi connectivity index (χ1v) is 8.23. The number of amides is 1. The smallest absolute Gasteiger partial charge is 0.256 e. The number of pyridine rings is 1. The van der Waals surface area contributed by atoms with Crippen molar-refractivity contribution in [3.63, 3.8) is 0 Å². The summed E-state index contributed by atoms with van der Waals surface area (Å²) < 4.78 is 5.94. The highest BCUT2D eigenvalue weighted by molar-refractivity contribution is 6.06. The lowest BCUT2D eigenvalue weighted by molar-refractivity contribution is 0.0597. The molecule has 1 amide bonds. The molecule has 0 aliphatic carbocycles. The van der Waals surface area contributed by atoms with Gasteiger partial charge in [-0.05, 0) is 18.2 Å². The predicted molar refractivity (Wildman–Crippen MR) is 92.1 cm³/mol. The quantitative estimate of drug-likeness (QED) is 0.805. The summed E-state index contributed by atoms with van der Waals surface area (Å²) in [5.74, 6) is 0.881. The van der Waals surface area contributed by atoms with E-state index >= 15 is 0 Å². The maximum atomic E-state index is 12.8. The minimum atomic E-state index is 0.0901. The van der Waals surface area contributed by atoms with Crippen molar-refractivity contribution in [3.05, 3.63) is 60.6 Å². The van der Waals surface area contributed by atoms with Crippen LogP contribution >= 0.6 is 0 Å². The van der Waals surface area contributed by atoms with Crippen LogP contribution in [0, 0.1) is 0 Å². The molecular weight excluding hydrogens is 302 g/mol. The maximum Gasteiger partial charge on any atom is 0.256 e. The summed E-state index contributed by atoms with van der Waals surface area (Å²) in [5.41, 5.74) is 1.74. The van der Waals surface area contributed by atoms with Crippen LogP contribution in [0.1, 0.15) is 23.2 Å². The number of H-pyrrole nitrogens is 1. The third kappa shape index (κ3) is 2.85. The van der Waals surface area contributed by atoms with Crippen molar-refractivity contribution < 1.29 is 9.53 Å². The van der Waals surface area contributed by atoms with Gasteiger partial charge in [0.1, 0.15) is 11.9 Å². The SMILES string of the molecule is O=C(c1c[nH]c2ccccc12)N1CCC(Oc2cccnc2)CC1. The van der Waals surface area contributed by atoms with Crippen LogP contribution in [0.5, 0.6) is 5.75 Å². The standard InChI is InChI=1S/C19H19N3O2/c23-19(17-13-21-18-6-2-1-5-16(17)18)22-10-7-14(8-11-22)24-15-4-3-9-20-12-15/h1-6,9,12-14,21H,7-8,10-11H2. The Kier molecular flexibility index (Phi) is 3.91. The summed E-state index contributed by atoms with van der Waals surface area (Å²) in [6.45, 7) is 1.42. The lowest BCUT2D eigenvalue weighted by Crippen LogP contribution is -2.41. The molecule has 122 valence electrons. The molecule has 3 aromatic rings. The van der Waals surface area contributed by atoms with Gasteiger partial charge in [-0.3, -0.25) is 9.78 Å². The van der Waals surface area contributed by atoms with Crippen molar-refractivity contribution in [1.82, 2.24) is 14.9 Å². The van der Waals surface area contributed by atoms with Crippen LogP contribution in [0.15, 0.2) is 55.0 Å². The van der Waals surface area contributed by atoms with E-state index in [1.165, 1.54) is 0 Å². The van der Waals surface area contributed by atoms with Crippen LogP contribution in [0.4, 0.5) is 0 Å². The maximum absolute atomic E-state index is 12.8. The first kappa shape index (κ1) is 14.8. The fourth-order valence-electron chi connectivity index (χ4n) is 3.20. The fourth-order valence-corrected chi connectivity index (χ4v) is 3.20. The molecule has 1 N–H and O–H groups in total. The van der Waals surface area contributed by atoms with Gasteiger partial charge < -0.3 is 14.6 Å². The van der Waals surface area contributed by atoms with E-state index in [1.807, 2.05) is 47.5 Å². The van der Waals surface area contributed by atoms with Crippen LogP contribution in [-0.4, -0.2) is 40.0 Å². The molecule has 24 heavy (non-hydrogen) atoms. The molecule has 3 heterocycles. The number of fused-ring (bicyclic) bond motifs is 1. The molecule has 0 saturated carbocycles. The number of benzene rings is 1. The number of hydrogen-bond donors (Lipinski definition) is 1. The van der Waals surface area contributed by atoms with Gasteiger partial charge in [0, 0.05) is 49.2 Å². The predicted octanol–water partition coefficient (Wildman–Crippen LogP) is 3.25. The molecule has 1 aliphatic rings. The number of nitrogens with zero attached hydrogens (tertiary/aromatic N) is 2. The van der Waals surface area contributed by atoms with Crippen molar-refractivity contribution >= 4 is 16.8 Å². The van der Waals surface area contributed by atoms with E-state index < -0.39 is 0 Å². The lowest BCUT2D eigenvalue weighted by Gasteiger charge is -2.32. The molecular formula is C19H19N3O2. The molecule has 5 heteroatoms. The largest absolute Gasteiger partial charge is 0.489 e. The number of para-hydroxylation sites is 1. The molecule has 5 nitrogen and oxygen atoms in total. The number of hydrogen-bond acceptors (Lipinski definition) is 3. The van der Waals surface area contributed by atoms with Gasteiger partial charge in [-0.25, -0.2) is 0 Å². The van der Waals surface area contributed by atoms with Gasteiger partial charge in [-0.1, -0.05) is 18.2 Å². The number of piperidine rings is 1. The van der Waals surface area contributed by atoms with Crippen LogP contribution in [0.25, 0.3) is 10.9 Å². The van der Waals surface area contributed by atoms with E-state index in [1.54, 1.807) is 12.4 Å². The van der Waals surface area contributed by atoms with Crippen molar-refractivity contribution in [3.8, 4) is 5.75 Å². The molecule has 1 aliphatic heterocycles. The highest BCUT2D eigenvalue weighted by Crippen LogP contribution is 2.23. The fraction of sp³-hybridized carbons (Fsp3) is 0.263. The Morgan fingerprint density at radius 3 is 2.79 bits per heavy atom. The number of carbonyl (C=O) groups is 1. The van der Waals surface area contributed by atoms with Crippen LogP contribution < -0.4 is 4.74 Å². The van der Waals surface area contributed by atoms with Gasteiger partial charge in [0.15, 0.2) is 0 Å². The van der Waals surface area contributed by atoms with Crippen molar-refractivity contribution in [2.24, 2.45) is 0 Å². The second-order valence-electron chi connectivity index (χ2n) is 6.05. The van der Waals surface area contributed by atoms with E-state index in [2.05, 4.69) is 9.97 Å². The molecule has 1 aromatic carbocycles. The second kappa shape index (κ2) is 6.35.